The van der Waals surface area contributed by atoms with Crippen molar-refractivity contribution in [3.63, 3.8) is 0 Å². The molecule has 116 valence electrons. The predicted molar refractivity (Wildman–Crippen MR) is 85.1 cm³/mol. The number of likely N-dealkylation sites (N-methyl/N-ethyl adjacent to an activating group) is 1. The van der Waals surface area contributed by atoms with Crippen LogP contribution in [0.1, 0.15) is 57.9 Å². The van der Waals surface area contributed by atoms with Crippen LogP contribution in [0.25, 0.3) is 0 Å². The monoisotopic (exact) mass is 287 g/mol. The van der Waals surface area contributed by atoms with Crippen molar-refractivity contribution in [2.24, 2.45) is 22.2 Å². The topological polar surface area (TPSA) is 25.2 Å². The summed E-state index contributed by atoms with van der Waals surface area (Å²) in [5, 5.41) is 3.69. The summed E-state index contributed by atoms with van der Waals surface area (Å²) in [6.07, 6.45) is 13.6. The van der Waals surface area contributed by atoms with Crippen molar-refractivity contribution in [1.29, 1.82) is 0 Å². The van der Waals surface area contributed by atoms with Gasteiger partial charge >= 0.3 is 0 Å². The molecule has 5 rings (SSSR count). The molecule has 1 N–H and O–H groups in total. The SMILES string of the molecule is CNC(Cc1ccoc1)C12CC3CC(C)(CC(C)(C3)C1)C2. The van der Waals surface area contributed by atoms with Crippen LogP contribution < -0.4 is 5.32 Å². The molecule has 4 saturated carbocycles. The summed E-state index contributed by atoms with van der Waals surface area (Å²) in [4.78, 5) is 0. The van der Waals surface area contributed by atoms with E-state index < -0.39 is 0 Å². The lowest BCUT2D eigenvalue weighted by Gasteiger charge is -2.67. The Morgan fingerprint density at radius 1 is 1.19 bits per heavy atom. The standard InChI is InChI=1S/C19H29NO/c1-17-7-15-8-18(2,11-17)13-19(9-15,12-17)16(20-3)6-14-4-5-21-10-14/h4-5,10,15-16,20H,6-9,11-13H2,1-3H3. The first-order chi connectivity index (χ1) is 9.94. The molecule has 4 bridgehead atoms. The minimum atomic E-state index is 0.509. The maximum absolute atomic E-state index is 5.29. The summed E-state index contributed by atoms with van der Waals surface area (Å²) >= 11 is 0. The summed E-state index contributed by atoms with van der Waals surface area (Å²) in [5.41, 5.74) is 3.05. The van der Waals surface area contributed by atoms with Crippen LogP contribution in [-0.4, -0.2) is 13.1 Å². The van der Waals surface area contributed by atoms with E-state index in [4.69, 9.17) is 4.42 Å². The quantitative estimate of drug-likeness (QED) is 0.887. The zero-order valence-corrected chi connectivity index (χ0v) is 13.7. The van der Waals surface area contributed by atoms with Gasteiger partial charge in [0.25, 0.3) is 0 Å². The molecule has 4 aliphatic rings. The van der Waals surface area contributed by atoms with Crippen molar-refractivity contribution in [3.05, 3.63) is 24.2 Å². The number of nitrogens with one attached hydrogen (secondary N) is 1. The Morgan fingerprint density at radius 3 is 2.43 bits per heavy atom. The maximum Gasteiger partial charge on any atom is 0.0935 e. The van der Waals surface area contributed by atoms with Gasteiger partial charge in [-0.3, -0.25) is 0 Å². The molecular weight excluding hydrogens is 258 g/mol. The third kappa shape index (κ3) is 2.18. The molecule has 0 radical (unpaired) electrons. The fraction of sp³-hybridized carbons (Fsp3) is 0.789. The van der Waals surface area contributed by atoms with Gasteiger partial charge in [0.15, 0.2) is 0 Å². The van der Waals surface area contributed by atoms with E-state index in [0.717, 1.165) is 12.3 Å². The molecule has 0 amide bonds. The first-order valence-corrected chi connectivity index (χ1v) is 8.63. The van der Waals surface area contributed by atoms with Gasteiger partial charge in [0, 0.05) is 6.04 Å². The smallest absolute Gasteiger partial charge is 0.0935 e. The lowest BCUT2D eigenvalue weighted by molar-refractivity contribution is -0.157. The van der Waals surface area contributed by atoms with Gasteiger partial charge in [0.2, 0.25) is 0 Å². The van der Waals surface area contributed by atoms with Crippen LogP contribution in [-0.2, 0) is 6.42 Å². The fourth-order valence-corrected chi connectivity index (χ4v) is 7.19. The van der Waals surface area contributed by atoms with E-state index in [0.29, 0.717) is 22.3 Å². The molecule has 3 atom stereocenters. The van der Waals surface area contributed by atoms with Crippen LogP contribution in [0.2, 0.25) is 0 Å². The van der Waals surface area contributed by atoms with Crippen LogP contribution in [0.4, 0.5) is 0 Å². The summed E-state index contributed by atoms with van der Waals surface area (Å²) < 4.78 is 5.29. The predicted octanol–water partition coefficient (Wildman–Crippen LogP) is 4.41. The summed E-state index contributed by atoms with van der Waals surface area (Å²) in [7, 11) is 2.16. The molecule has 0 saturated heterocycles. The van der Waals surface area contributed by atoms with Crippen molar-refractivity contribution in [2.45, 2.75) is 64.8 Å². The van der Waals surface area contributed by atoms with Gasteiger partial charge in [-0.05, 0) is 85.8 Å². The third-order valence-corrected chi connectivity index (χ3v) is 6.78. The van der Waals surface area contributed by atoms with E-state index in [1.165, 1.54) is 44.1 Å². The molecule has 1 aromatic rings. The van der Waals surface area contributed by atoms with Crippen molar-refractivity contribution in [3.8, 4) is 0 Å². The fourth-order valence-electron chi connectivity index (χ4n) is 7.19. The first kappa shape index (κ1) is 13.9. The Kier molecular flexibility index (Phi) is 2.89. The van der Waals surface area contributed by atoms with Gasteiger partial charge in [-0.1, -0.05) is 13.8 Å². The molecule has 1 aromatic heterocycles. The number of hydrogen-bond acceptors (Lipinski definition) is 2. The molecule has 4 fully saturated rings. The molecule has 2 nitrogen and oxygen atoms in total. The Labute approximate surface area is 128 Å². The molecule has 1 heterocycles. The second-order valence-electron chi connectivity index (χ2n) is 9.17. The highest BCUT2D eigenvalue weighted by Crippen LogP contribution is 2.70. The number of rotatable bonds is 4. The van der Waals surface area contributed by atoms with E-state index in [1.807, 2.05) is 12.5 Å². The van der Waals surface area contributed by atoms with E-state index in [2.05, 4.69) is 32.3 Å². The second-order valence-corrected chi connectivity index (χ2v) is 9.17. The minimum absolute atomic E-state index is 0.509. The van der Waals surface area contributed by atoms with Gasteiger partial charge < -0.3 is 9.73 Å². The Balaban J connectivity index is 1.66. The Hall–Kier alpha value is -0.760. The van der Waals surface area contributed by atoms with E-state index in [-0.39, 0.29) is 0 Å². The maximum atomic E-state index is 5.29. The van der Waals surface area contributed by atoms with Crippen molar-refractivity contribution >= 4 is 0 Å². The minimum Gasteiger partial charge on any atom is -0.472 e. The Bertz CT molecular complexity index is 502. The molecule has 21 heavy (non-hydrogen) atoms. The number of furan rings is 1. The number of hydrogen-bond donors (Lipinski definition) is 1. The molecule has 4 aliphatic carbocycles. The molecule has 0 aliphatic heterocycles. The van der Waals surface area contributed by atoms with Crippen LogP contribution >= 0.6 is 0 Å². The molecule has 3 unspecified atom stereocenters. The van der Waals surface area contributed by atoms with E-state index >= 15 is 0 Å². The lowest BCUT2D eigenvalue weighted by Crippen LogP contribution is -2.61. The molecule has 2 heteroatoms. The molecular formula is C19H29NO. The Morgan fingerprint density at radius 2 is 1.90 bits per heavy atom. The van der Waals surface area contributed by atoms with Crippen molar-refractivity contribution in [1.82, 2.24) is 5.32 Å². The van der Waals surface area contributed by atoms with Gasteiger partial charge in [-0.2, -0.15) is 0 Å². The normalized spacial score (nSPS) is 46.0. The second kappa shape index (κ2) is 4.38. The lowest BCUT2D eigenvalue weighted by atomic mass is 9.39. The van der Waals surface area contributed by atoms with Crippen molar-refractivity contribution < 1.29 is 4.42 Å². The summed E-state index contributed by atoms with van der Waals surface area (Å²) in [6.45, 7) is 5.13. The van der Waals surface area contributed by atoms with Crippen LogP contribution in [0.15, 0.2) is 23.0 Å². The van der Waals surface area contributed by atoms with Crippen molar-refractivity contribution in [2.75, 3.05) is 7.05 Å². The first-order valence-electron chi connectivity index (χ1n) is 8.63. The zero-order valence-electron chi connectivity index (χ0n) is 13.7. The van der Waals surface area contributed by atoms with Crippen LogP contribution in [0, 0.1) is 22.2 Å². The average molecular weight is 287 g/mol. The highest BCUT2D eigenvalue weighted by Gasteiger charge is 2.61. The largest absolute Gasteiger partial charge is 0.472 e. The van der Waals surface area contributed by atoms with Gasteiger partial charge in [-0.25, -0.2) is 0 Å². The van der Waals surface area contributed by atoms with Crippen LogP contribution in [0.5, 0.6) is 0 Å². The molecule has 0 aromatic carbocycles. The average Bonchev–Trinajstić information content (AvgIpc) is 2.83. The highest BCUT2D eigenvalue weighted by atomic mass is 16.3. The summed E-state index contributed by atoms with van der Waals surface area (Å²) in [5.74, 6) is 0.969. The summed E-state index contributed by atoms with van der Waals surface area (Å²) in [6, 6.07) is 2.73. The van der Waals surface area contributed by atoms with Gasteiger partial charge in [0.05, 0.1) is 12.5 Å². The van der Waals surface area contributed by atoms with E-state index in [9.17, 15) is 0 Å². The van der Waals surface area contributed by atoms with Crippen LogP contribution in [0.3, 0.4) is 0 Å². The van der Waals surface area contributed by atoms with Gasteiger partial charge in [0.1, 0.15) is 0 Å². The van der Waals surface area contributed by atoms with E-state index in [1.54, 1.807) is 0 Å². The molecule has 0 spiro atoms. The highest BCUT2D eigenvalue weighted by molar-refractivity contribution is 5.16. The third-order valence-electron chi connectivity index (χ3n) is 6.78. The zero-order chi connectivity index (χ0) is 14.7. The van der Waals surface area contributed by atoms with Gasteiger partial charge in [-0.15, -0.1) is 0 Å².